The Morgan fingerprint density at radius 1 is 1.40 bits per heavy atom. The molecule has 0 fully saturated rings. The maximum Gasteiger partial charge on any atom is 0.375 e. The van der Waals surface area contributed by atoms with Crippen LogP contribution in [0.25, 0.3) is 0 Å². The summed E-state index contributed by atoms with van der Waals surface area (Å²) in [5.74, 6) is 0.373. The molecule has 0 aliphatic carbocycles. The van der Waals surface area contributed by atoms with Crippen molar-refractivity contribution in [2.45, 2.75) is 0 Å². The van der Waals surface area contributed by atoms with E-state index in [1.807, 2.05) is 36.2 Å². The van der Waals surface area contributed by atoms with Crippen LogP contribution in [0.4, 0.5) is 5.69 Å². The van der Waals surface area contributed by atoms with Crippen LogP contribution in [0, 0.1) is 0 Å². The van der Waals surface area contributed by atoms with Crippen LogP contribution in [0.15, 0.2) is 36.2 Å². The van der Waals surface area contributed by atoms with E-state index in [-0.39, 0.29) is 5.76 Å². The molecule has 0 unspecified atom stereocenters. The highest BCUT2D eigenvalue weighted by Crippen LogP contribution is 2.32. The van der Waals surface area contributed by atoms with Gasteiger partial charge in [0, 0.05) is 7.05 Å². The predicted molar refractivity (Wildman–Crippen MR) is 55.6 cm³/mol. The van der Waals surface area contributed by atoms with Crippen LogP contribution >= 0.6 is 0 Å². The van der Waals surface area contributed by atoms with Gasteiger partial charge in [0.05, 0.1) is 19.0 Å². The molecule has 1 aliphatic heterocycles. The summed E-state index contributed by atoms with van der Waals surface area (Å²) >= 11 is 0. The number of anilines is 1. The molecule has 0 saturated heterocycles. The van der Waals surface area contributed by atoms with E-state index in [0.29, 0.717) is 5.75 Å². The summed E-state index contributed by atoms with van der Waals surface area (Å²) < 4.78 is 9.99. The van der Waals surface area contributed by atoms with Gasteiger partial charge in [-0.15, -0.1) is 0 Å². The number of hydrogen-bond acceptors (Lipinski definition) is 4. The molecule has 0 saturated carbocycles. The van der Waals surface area contributed by atoms with E-state index in [0.717, 1.165) is 5.69 Å². The molecule has 0 atom stereocenters. The number of methoxy groups -OCH3 is 1. The molecule has 0 N–H and O–H groups in total. The highest BCUT2D eigenvalue weighted by Gasteiger charge is 2.21. The molecule has 1 aromatic carbocycles. The monoisotopic (exact) mass is 205 g/mol. The van der Waals surface area contributed by atoms with Gasteiger partial charge in [0.15, 0.2) is 5.75 Å². The zero-order valence-corrected chi connectivity index (χ0v) is 8.56. The highest BCUT2D eigenvalue weighted by atomic mass is 16.6. The Kier molecular flexibility index (Phi) is 2.33. The van der Waals surface area contributed by atoms with Gasteiger partial charge in [-0.3, -0.25) is 0 Å². The fourth-order valence-corrected chi connectivity index (χ4v) is 1.42. The average molecular weight is 205 g/mol. The fourth-order valence-electron chi connectivity index (χ4n) is 1.42. The standard InChI is InChI=1S/C11H11NO3/c1-12-7-10(11(13)14-2)15-9-6-4-3-5-8(9)12/h3-7H,1-2H3. The predicted octanol–water partition coefficient (Wildman–Crippen LogP) is 1.53. The topological polar surface area (TPSA) is 38.8 Å². The highest BCUT2D eigenvalue weighted by molar-refractivity contribution is 5.88. The lowest BCUT2D eigenvalue weighted by atomic mass is 10.2. The van der Waals surface area contributed by atoms with Crippen molar-refractivity contribution in [2.24, 2.45) is 0 Å². The lowest BCUT2D eigenvalue weighted by Crippen LogP contribution is -2.22. The van der Waals surface area contributed by atoms with E-state index in [1.165, 1.54) is 7.11 Å². The van der Waals surface area contributed by atoms with Crippen molar-refractivity contribution >= 4 is 11.7 Å². The third-order valence-electron chi connectivity index (χ3n) is 2.16. The molecule has 1 aromatic rings. The van der Waals surface area contributed by atoms with Crippen LogP contribution in [-0.4, -0.2) is 20.1 Å². The molecule has 4 nitrogen and oxygen atoms in total. The largest absolute Gasteiger partial charge is 0.463 e. The molecule has 0 spiro atoms. The van der Waals surface area contributed by atoms with Crippen molar-refractivity contribution in [3.63, 3.8) is 0 Å². The van der Waals surface area contributed by atoms with Crippen molar-refractivity contribution in [3.05, 3.63) is 36.2 Å². The normalized spacial score (nSPS) is 13.7. The number of ether oxygens (including phenoxy) is 2. The zero-order valence-electron chi connectivity index (χ0n) is 8.56. The second kappa shape index (κ2) is 3.65. The van der Waals surface area contributed by atoms with Crippen LogP contribution in [0.5, 0.6) is 5.75 Å². The van der Waals surface area contributed by atoms with E-state index in [1.54, 1.807) is 6.20 Å². The van der Waals surface area contributed by atoms with E-state index in [4.69, 9.17) is 4.74 Å². The van der Waals surface area contributed by atoms with Crippen LogP contribution in [0.2, 0.25) is 0 Å². The Balaban J connectivity index is 2.35. The summed E-state index contributed by atoms with van der Waals surface area (Å²) in [5, 5.41) is 0. The van der Waals surface area contributed by atoms with Gasteiger partial charge in [-0.05, 0) is 12.1 Å². The molecular formula is C11H11NO3. The van der Waals surface area contributed by atoms with Crippen LogP contribution < -0.4 is 9.64 Å². The molecule has 4 heteroatoms. The van der Waals surface area contributed by atoms with Gasteiger partial charge in [0.1, 0.15) is 0 Å². The third-order valence-corrected chi connectivity index (χ3v) is 2.16. The maximum absolute atomic E-state index is 11.3. The zero-order chi connectivity index (χ0) is 10.8. The van der Waals surface area contributed by atoms with E-state index >= 15 is 0 Å². The molecule has 1 aliphatic rings. The molecule has 1 heterocycles. The summed E-state index contributed by atoms with van der Waals surface area (Å²) in [5.41, 5.74) is 0.921. The summed E-state index contributed by atoms with van der Waals surface area (Å²) in [4.78, 5) is 13.1. The number of rotatable bonds is 1. The first-order valence-corrected chi connectivity index (χ1v) is 4.52. The molecular weight excluding hydrogens is 194 g/mol. The lowest BCUT2D eigenvalue weighted by molar-refractivity contribution is -0.138. The number of fused-ring (bicyclic) bond motifs is 1. The van der Waals surface area contributed by atoms with Crippen molar-refractivity contribution < 1.29 is 14.3 Å². The summed E-state index contributed by atoms with van der Waals surface area (Å²) in [7, 11) is 3.18. The number of carbonyl (C=O) groups is 1. The molecule has 0 radical (unpaired) electrons. The number of para-hydroxylation sites is 2. The van der Waals surface area contributed by atoms with E-state index in [9.17, 15) is 4.79 Å². The van der Waals surface area contributed by atoms with Crippen molar-refractivity contribution in [2.75, 3.05) is 19.1 Å². The van der Waals surface area contributed by atoms with E-state index < -0.39 is 5.97 Å². The number of esters is 1. The molecule has 15 heavy (non-hydrogen) atoms. The minimum absolute atomic E-state index is 0.193. The first-order valence-electron chi connectivity index (χ1n) is 4.52. The molecule has 78 valence electrons. The first kappa shape index (κ1) is 9.58. The van der Waals surface area contributed by atoms with Gasteiger partial charge in [0.25, 0.3) is 0 Å². The van der Waals surface area contributed by atoms with E-state index in [2.05, 4.69) is 4.74 Å². The maximum atomic E-state index is 11.3. The van der Waals surface area contributed by atoms with Gasteiger partial charge < -0.3 is 14.4 Å². The molecule has 0 bridgehead atoms. The first-order chi connectivity index (χ1) is 7.22. The average Bonchev–Trinajstić information content (AvgIpc) is 2.28. The third kappa shape index (κ3) is 1.66. The Bertz CT molecular complexity index is 426. The lowest BCUT2D eigenvalue weighted by Gasteiger charge is -2.24. The smallest absolute Gasteiger partial charge is 0.375 e. The number of carbonyl (C=O) groups excluding carboxylic acids is 1. The van der Waals surface area contributed by atoms with Crippen LogP contribution in [0.1, 0.15) is 0 Å². The van der Waals surface area contributed by atoms with Gasteiger partial charge in [-0.25, -0.2) is 4.79 Å². The number of hydrogen-bond donors (Lipinski definition) is 0. The summed E-state index contributed by atoms with van der Waals surface area (Å²) in [6, 6.07) is 7.49. The Morgan fingerprint density at radius 2 is 2.13 bits per heavy atom. The summed E-state index contributed by atoms with van der Waals surface area (Å²) in [6.45, 7) is 0. The van der Waals surface area contributed by atoms with Crippen LogP contribution in [0.3, 0.4) is 0 Å². The second-order valence-electron chi connectivity index (χ2n) is 3.17. The van der Waals surface area contributed by atoms with Gasteiger partial charge in [-0.2, -0.15) is 0 Å². The van der Waals surface area contributed by atoms with Crippen molar-refractivity contribution in [1.29, 1.82) is 0 Å². The van der Waals surface area contributed by atoms with Gasteiger partial charge >= 0.3 is 5.97 Å². The number of nitrogens with zero attached hydrogens (tertiary/aromatic N) is 1. The van der Waals surface area contributed by atoms with Gasteiger partial charge in [-0.1, -0.05) is 12.1 Å². The Labute approximate surface area is 87.7 Å². The SMILES string of the molecule is COC(=O)C1=CN(C)c2ccccc2O1. The Morgan fingerprint density at radius 3 is 2.87 bits per heavy atom. The Hall–Kier alpha value is -1.97. The minimum atomic E-state index is -0.476. The van der Waals surface area contributed by atoms with Crippen molar-refractivity contribution in [1.82, 2.24) is 0 Å². The summed E-state index contributed by atoms with van der Waals surface area (Å²) in [6.07, 6.45) is 1.61. The second-order valence-corrected chi connectivity index (χ2v) is 3.17. The van der Waals surface area contributed by atoms with Gasteiger partial charge in [0.2, 0.25) is 5.76 Å². The van der Waals surface area contributed by atoms with Crippen molar-refractivity contribution in [3.8, 4) is 5.75 Å². The quantitative estimate of drug-likeness (QED) is 0.652. The van der Waals surface area contributed by atoms with Crippen LogP contribution in [-0.2, 0) is 9.53 Å². The molecule has 0 aromatic heterocycles. The minimum Gasteiger partial charge on any atom is -0.463 e. The number of benzene rings is 1. The molecule has 0 amide bonds. The fraction of sp³-hybridized carbons (Fsp3) is 0.182. The molecule has 2 rings (SSSR count).